The number of para-hydroxylation sites is 1. The van der Waals surface area contributed by atoms with Crippen LogP contribution >= 0.6 is 0 Å². The average molecular weight is 246 g/mol. The molecule has 0 fully saturated rings. The summed E-state index contributed by atoms with van der Waals surface area (Å²) in [6.07, 6.45) is 1.68. The van der Waals surface area contributed by atoms with Gasteiger partial charge in [0.05, 0.1) is 5.69 Å². The van der Waals surface area contributed by atoms with Crippen LogP contribution in [0.5, 0.6) is 0 Å². The van der Waals surface area contributed by atoms with E-state index in [1.54, 1.807) is 36.3 Å². The van der Waals surface area contributed by atoms with E-state index in [1.165, 1.54) is 6.07 Å². The molecule has 0 spiro atoms. The molecule has 2 rings (SSSR count). The molecule has 94 valence electrons. The monoisotopic (exact) mass is 246 g/mol. The number of halogens is 1. The first-order valence-corrected chi connectivity index (χ1v) is 5.64. The molecule has 2 N–H and O–H groups in total. The molecule has 0 amide bonds. The molecule has 1 heterocycles. The maximum atomic E-state index is 13.7. The molecule has 0 radical (unpaired) electrons. The van der Waals surface area contributed by atoms with E-state index in [0.29, 0.717) is 18.2 Å². The Balaban J connectivity index is 2.37. The summed E-state index contributed by atoms with van der Waals surface area (Å²) in [5.74, 6) is 0.152. The highest BCUT2D eigenvalue weighted by atomic mass is 19.1. The first-order valence-electron chi connectivity index (χ1n) is 5.64. The Bertz CT molecular complexity index is 556. The van der Waals surface area contributed by atoms with E-state index in [4.69, 9.17) is 5.73 Å². The van der Waals surface area contributed by atoms with Crippen molar-refractivity contribution in [2.75, 3.05) is 11.9 Å². The van der Waals surface area contributed by atoms with E-state index in [2.05, 4.69) is 9.97 Å². The van der Waals surface area contributed by atoms with E-state index in [9.17, 15) is 4.39 Å². The number of hydrogen-bond acceptors (Lipinski definition) is 4. The van der Waals surface area contributed by atoms with Crippen molar-refractivity contribution in [2.24, 2.45) is 5.73 Å². The zero-order valence-electron chi connectivity index (χ0n) is 10.4. The van der Waals surface area contributed by atoms with Crippen molar-refractivity contribution in [3.05, 3.63) is 47.5 Å². The number of benzene rings is 1. The van der Waals surface area contributed by atoms with Gasteiger partial charge in [-0.15, -0.1) is 0 Å². The van der Waals surface area contributed by atoms with Crippen LogP contribution in [0.15, 0.2) is 30.5 Å². The van der Waals surface area contributed by atoms with Gasteiger partial charge in [-0.2, -0.15) is 0 Å². The quantitative estimate of drug-likeness (QED) is 0.901. The number of nitrogens with zero attached hydrogens (tertiary/aromatic N) is 3. The molecule has 0 unspecified atom stereocenters. The van der Waals surface area contributed by atoms with Gasteiger partial charge in [-0.25, -0.2) is 14.4 Å². The average Bonchev–Trinajstić information content (AvgIpc) is 2.38. The number of rotatable bonds is 3. The summed E-state index contributed by atoms with van der Waals surface area (Å²) < 4.78 is 13.7. The summed E-state index contributed by atoms with van der Waals surface area (Å²) in [5.41, 5.74) is 7.70. The van der Waals surface area contributed by atoms with E-state index in [0.717, 1.165) is 11.3 Å². The lowest BCUT2D eigenvalue weighted by atomic mass is 10.2. The van der Waals surface area contributed by atoms with Gasteiger partial charge in [0.1, 0.15) is 5.82 Å². The molecule has 0 saturated carbocycles. The second-order valence-corrected chi connectivity index (χ2v) is 4.00. The highest BCUT2D eigenvalue weighted by molar-refractivity contribution is 5.57. The zero-order chi connectivity index (χ0) is 13.1. The van der Waals surface area contributed by atoms with Crippen LogP contribution in [0.25, 0.3) is 0 Å². The molecule has 0 saturated heterocycles. The van der Waals surface area contributed by atoms with Crippen LogP contribution in [0.4, 0.5) is 16.0 Å². The molecule has 0 aliphatic rings. The van der Waals surface area contributed by atoms with Gasteiger partial charge in [0.2, 0.25) is 5.95 Å². The summed E-state index contributed by atoms with van der Waals surface area (Å²) in [5, 5.41) is 0. The van der Waals surface area contributed by atoms with Gasteiger partial charge in [0.15, 0.2) is 0 Å². The van der Waals surface area contributed by atoms with Gasteiger partial charge in [0.25, 0.3) is 0 Å². The Morgan fingerprint density at radius 3 is 2.67 bits per heavy atom. The SMILES string of the molecule is Cc1nc(N(C)c2ccccc2F)ncc1CN. The van der Waals surface area contributed by atoms with Gasteiger partial charge >= 0.3 is 0 Å². The largest absolute Gasteiger partial charge is 0.326 e. The number of aryl methyl sites for hydroxylation is 1. The molecule has 5 heteroatoms. The van der Waals surface area contributed by atoms with Gasteiger partial charge < -0.3 is 10.6 Å². The summed E-state index contributed by atoms with van der Waals surface area (Å²) in [6.45, 7) is 2.26. The summed E-state index contributed by atoms with van der Waals surface area (Å²) >= 11 is 0. The lowest BCUT2D eigenvalue weighted by Gasteiger charge is -2.18. The van der Waals surface area contributed by atoms with Crippen molar-refractivity contribution in [1.29, 1.82) is 0 Å². The second kappa shape index (κ2) is 5.10. The zero-order valence-corrected chi connectivity index (χ0v) is 10.4. The van der Waals surface area contributed by atoms with Gasteiger partial charge in [-0.3, -0.25) is 0 Å². The molecule has 18 heavy (non-hydrogen) atoms. The standard InChI is InChI=1S/C13H15FN4/c1-9-10(7-15)8-16-13(17-9)18(2)12-6-4-3-5-11(12)14/h3-6,8H,7,15H2,1-2H3. The molecule has 0 bridgehead atoms. The lowest BCUT2D eigenvalue weighted by molar-refractivity contribution is 0.626. The Morgan fingerprint density at radius 1 is 1.33 bits per heavy atom. The van der Waals surface area contributed by atoms with Crippen LogP contribution in [0.1, 0.15) is 11.3 Å². The topological polar surface area (TPSA) is 55.0 Å². The maximum absolute atomic E-state index is 13.7. The number of anilines is 2. The van der Waals surface area contributed by atoms with E-state index < -0.39 is 0 Å². The summed E-state index contributed by atoms with van der Waals surface area (Å²) in [4.78, 5) is 10.1. The molecule has 0 aliphatic heterocycles. The third-order valence-corrected chi connectivity index (χ3v) is 2.80. The number of hydrogen-bond donors (Lipinski definition) is 1. The predicted octanol–water partition coefficient (Wildman–Crippen LogP) is 2.15. The summed E-state index contributed by atoms with van der Waals surface area (Å²) in [7, 11) is 1.73. The van der Waals surface area contributed by atoms with Crippen LogP contribution in [-0.4, -0.2) is 17.0 Å². The van der Waals surface area contributed by atoms with Crippen LogP contribution in [0, 0.1) is 12.7 Å². The minimum Gasteiger partial charge on any atom is -0.326 e. The molecule has 1 aromatic heterocycles. The van der Waals surface area contributed by atoms with Crippen molar-refractivity contribution in [2.45, 2.75) is 13.5 Å². The van der Waals surface area contributed by atoms with Crippen molar-refractivity contribution < 1.29 is 4.39 Å². The smallest absolute Gasteiger partial charge is 0.229 e. The van der Waals surface area contributed by atoms with Crippen molar-refractivity contribution in [3.8, 4) is 0 Å². The highest BCUT2D eigenvalue weighted by Gasteiger charge is 2.12. The van der Waals surface area contributed by atoms with E-state index in [1.807, 2.05) is 6.92 Å². The van der Waals surface area contributed by atoms with E-state index >= 15 is 0 Å². The minimum absolute atomic E-state index is 0.302. The Hall–Kier alpha value is -2.01. The lowest BCUT2D eigenvalue weighted by Crippen LogP contribution is -2.16. The van der Waals surface area contributed by atoms with Gasteiger partial charge in [0, 0.05) is 31.0 Å². The molecule has 2 aromatic rings. The molecule has 1 aromatic carbocycles. The van der Waals surface area contributed by atoms with Crippen LogP contribution in [-0.2, 0) is 6.54 Å². The van der Waals surface area contributed by atoms with Crippen molar-refractivity contribution >= 4 is 11.6 Å². The third-order valence-electron chi connectivity index (χ3n) is 2.80. The number of nitrogens with two attached hydrogens (primary N) is 1. The molecule has 0 aliphatic carbocycles. The summed E-state index contributed by atoms with van der Waals surface area (Å²) in [6, 6.07) is 6.52. The molecular formula is C13H15FN4. The minimum atomic E-state index is -0.302. The van der Waals surface area contributed by atoms with Crippen molar-refractivity contribution in [3.63, 3.8) is 0 Å². The fourth-order valence-electron chi connectivity index (χ4n) is 1.67. The fourth-order valence-corrected chi connectivity index (χ4v) is 1.67. The Kier molecular flexibility index (Phi) is 3.53. The number of aromatic nitrogens is 2. The fraction of sp³-hybridized carbons (Fsp3) is 0.231. The third kappa shape index (κ3) is 2.31. The van der Waals surface area contributed by atoms with Gasteiger partial charge in [-0.05, 0) is 19.1 Å². The Labute approximate surface area is 105 Å². The van der Waals surface area contributed by atoms with Crippen molar-refractivity contribution in [1.82, 2.24) is 9.97 Å². The normalized spacial score (nSPS) is 10.4. The van der Waals surface area contributed by atoms with Crippen LogP contribution in [0.3, 0.4) is 0 Å². The first-order chi connectivity index (χ1) is 8.63. The molecule has 0 atom stereocenters. The molecule has 4 nitrogen and oxygen atoms in total. The maximum Gasteiger partial charge on any atom is 0.229 e. The van der Waals surface area contributed by atoms with E-state index in [-0.39, 0.29) is 5.82 Å². The first kappa shape index (κ1) is 12.4. The van der Waals surface area contributed by atoms with Crippen LogP contribution in [0.2, 0.25) is 0 Å². The second-order valence-electron chi connectivity index (χ2n) is 4.00. The predicted molar refractivity (Wildman–Crippen MR) is 69.1 cm³/mol. The van der Waals surface area contributed by atoms with Crippen LogP contribution < -0.4 is 10.6 Å². The Morgan fingerprint density at radius 2 is 2.06 bits per heavy atom. The highest BCUT2D eigenvalue weighted by Crippen LogP contribution is 2.23. The molecular weight excluding hydrogens is 231 g/mol. The van der Waals surface area contributed by atoms with Gasteiger partial charge in [-0.1, -0.05) is 12.1 Å².